The van der Waals surface area contributed by atoms with E-state index in [1.807, 2.05) is 29.2 Å². The molecular formula is C18H19BrN2O. The number of carbonyl (C=O) groups excluding carboxylic acids is 1. The number of nitrogens with zero attached hydrogens (tertiary/aromatic N) is 1. The summed E-state index contributed by atoms with van der Waals surface area (Å²) in [6.45, 7) is 2.89. The zero-order chi connectivity index (χ0) is 15.5. The van der Waals surface area contributed by atoms with Crippen LogP contribution in [0.25, 0.3) is 0 Å². The van der Waals surface area contributed by atoms with Gasteiger partial charge in [0.15, 0.2) is 0 Å². The van der Waals surface area contributed by atoms with Gasteiger partial charge in [-0.25, -0.2) is 4.79 Å². The van der Waals surface area contributed by atoms with Gasteiger partial charge in [0.1, 0.15) is 0 Å². The first kappa shape index (κ1) is 15.1. The Morgan fingerprint density at radius 1 is 1.23 bits per heavy atom. The highest BCUT2D eigenvalue weighted by atomic mass is 79.9. The van der Waals surface area contributed by atoms with Crippen molar-refractivity contribution in [2.45, 2.75) is 25.8 Å². The maximum atomic E-state index is 12.6. The third-order valence-corrected chi connectivity index (χ3v) is 4.75. The third-order valence-electron chi connectivity index (χ3n) is 4.06. The molecule has 0 saturated carbocycles. The van der Waals surface area contributed by atoms with E-state index in [1.54, 1.807) is 0 Å². The van der Waals surface area contributed by atoms with E-state index in [4.69, 9.17) is 0 Å². The predicted octanol–water partition coefficient (Wildman–Crippen LogP) is 5.13. The summed E-state index contributed by atoms with van der Waals surface area (Å²) in [6.07, 6.45) is 2.06. The van der Waals surface area contributed by atoms with Crippen LogP contribution in [0.4, 0.5) is 10.5 Å². The van der Waals surface area contributed by atoms with Gasteiger partial charge in [-0.3, -0.25) is 0 Å². The van der Waals surface area contributed by atoms with E-state index in [2.05, 4.69) is 52.4 Å². The van der Waals surface area contributed by atoms with Crippen molar-refractivity contribution in [1.82, 2.24) is 4.90 Å². The molecule has 0 spiro atoms. The summed E-state index contributed by atoms with van der Waals surface area (Å²) in [5.41, 5.74) is 3.26. The molecule has 1 saturated heterocycles. The zero-order valence-electron chi connectivity index (χ0n) is 12.6. The van der Waals surface area contributed by atoms with Crippen LogP contribution in [0.3, 0.4) is 0 Å². The third kappa shape index (κ3) is 3.17. The molecule has 1 aliphatic heterocycles. The molecule has 0 aromatic heterocycles. The molecule has 22 heavy (non-hydrogen) atoms. The summed E-state index contributed by atoms with van der Waals surface area (Å²) >= 11 is 3.47. The van der Waals surface area contributed by atoms with Gasteiger partial charge in [0.05, 0.1) is 11.7 Å². The first-order valence-corrected chi connectivity index (χ1v) is 8.33. The summed E-state index contributed by atoms with van der Waals surface area (Å²) in [5.74, 6) is 0. The van der Waals surface area contributed by atoms with Gasteiger partial charge in [0.2, 0.25) is 0 Å². The van der Waals surface area contributed by atoms with Gasteiger partial charge >= 0.3 is 6.03 Å². The maximum Gasteiger partial charge on any atom is 0.322 e. The molecule has 1 heterocycles. The van der Waals surface area contributed by atoms with Crippen molar-refractivity contribution in [1.29, 1.82) is 0 Å². The van der Waals surface area contributed by atoms with Crippen LogP contribution < -0.4 is 5.32 Å². The number of nitrogens with one attached hydrogen (secondary N) is 1. The van der Waals surface area contributed by atoms with Gasteiger partial charge in [-0.1, -0.05) is 42.0 Å². The number of urea groups is 1. The Balaban J connectivity index is 1.78. The molecule has 1 aliphatic rings. The molecule has 1 fully saturated rings. The normalized spacial score (nSPS) is 17.5. The van der Waals surface area contributed by atoms with Crippen molar-refractivity contribution in [3.8, 4) is 0 Å². The molecule has 3 rings (SSSR count). The van der Waals surface area contributed by atoms with Crippen molar-refractivity contribution >= 4 is 27.6 Å². The lowest BCUT2D eigenvalue weighted by Crippen LogP contribution is -2.34. The Morgan fingerprint density at radius 3 is 2.82 bits per heavy atom. The standard InChI is InChI=1S/C18H19BrN2O/c1-13-6-4-7-14(12-13)17-10-5-11-21(17)18(22)20-16-9-3-2-8-15(16)19/h2-4,6-9,12,17H,5,10-11H2,1H3,(H,20,22). The fraction of sp³-hybridized carbons (Fsp3) is 0.278. The van der Waals surface area contributed by atoms with Crippen LogP contribution in [-0.2, 0) is 0 Å². The molecule has 0 bridgehead atoms. The van der Waals surface area contributed by atoms with Gasteiger partial charge in [-0.05, 0) is 53.4 Å². The molecule has 0 aliphatic carbocycles. The van der Waals surface area contributed by atoms with E-state index >= 15 is 0 Å². The second-order valence-corrected chi connectivity index (χ2v) is 6.53. The van der Waals surface area contributed by atoms with Gasteiger partial charge in [-0.15, -0.1) is 0 Å². The average molecular weight is 359 g/mol. The van der Waals surface area contributed by atoms with Crippen LogP contribution in [0, 0.1) is 6.92 Å². The van der Waals surface area contributed by atoms with Crippen molar-refractivity contribution in [3.05, 3.63) is 64.1 Å². The minimum atomic E-state index is -0.0316. The smallest absolute Gasteiger partial charge is 0.317 e. The Morgan fingerprint density at radius 2 is 2.05 bits per heavy atom. The van der Waals surface area contributed by atoms with Gasteiger partial charge in [0.25, 0.3) is 0 Å². The highest BCUT2D eigenvalue weighted by molar-refractivity contribution is 9.10. The predicted molar refractivity (Wildman–Crippen MR) is 93.0 cm³/mol. The number of hydrogen-bond donors (Lipinski definition) is 1. The lowest BCUT2D eigenvalue weighted by Gasteiger charge is -2.26. The molecule has 2 aromatic rings. The second-order valence-electron chi connectivity index (χ2n) is 5.68. The SMILES string of the molecule is Cc1cccc(C2CCCN2C(=O)Nc2ccccc2Br)c1. The molecule has 1 atom stereocenters. The Labute approximate surface area is 139 Å². The largest absolute Gasteiger partial charge is 0.322 e. The van der Waals surface area contributed by atoms with Crippen LogP contribution in [-0.4, -0.2) is 17.5 Å². The van der Waals surface area contributed by atoms with E-state index in [1.165, 1.54) is 11.1 Å². The fourth-order valence-electron chi connectivity index (χ4n) is 2.98. The fourth-order valence-corrected chi connectivity index (χ4v) is 3.37. The highest BCUT2D eigenvalue weighted by Crippen LogP contribution is 2.33. The van der Waals surface area contributed by atoms with Crippen molar-refractivity contribution in [3.63, 3.8) is 0 Å². The Hall–Kier alpha value is -1.81. The van der Waals surface area contributed by atoms with Crippen LogP contribution >= 0.6 is 15.9 Å². The summed E-state index contributed by atoms with van der Waals surface area (Å²) in [5, 5.41) is 3.01. The number of rotatable bonds is 2. The summed E-state index contributed by atoms with van der Waals surface area (Å²) in [4.78, 5) is 14.6. The summed E-state index contributed by atoms with van der Waals surface area (Å²) in [6, 6.07) is 16.3. The topological polar surface area (TPSA) is 32.3 Å². The minimum absolute atomic E-state index is 0.0316. The lowest BCUT2D eigenvalue weighted by molar-refractivity contribution is 0.207. The molecule has 114 valence electrons. The summed E-state index contributed by atoms with van der Waals surface area (Å²) in [7, 11) is 0. The molecule has 4 heteroatoms. The molecule has 2 amide bonds. The van der Waals surface area contributed by atoms with E-state index in [-0.39, 0.29) is 12.1 Å². The Kier molecular flexibility index (Phi) is 4.48. The van der Waals surface area contributed by atoms with Crippen LogP contribution in [0.5, 0.6) is 0 Å². The molecule has 2 aromatic carbocycles. The van der Waals surface area contributed by atoms with Gasteiger partial charge in [0, 0.05) is 11.0 Å². The minimum Gasteiger partial charge on any atom is -0.317 e. The zero-order valence-corrected chi connectivity index (χ0v) is 14.1. The number of likely N-dealkylation sites (tertiary alicyclic amines) is 1. The molecule has 0 radical (unpaired) electrons. The molecule has 1 unspecified atom stereocenters. The highest BCUT2D eigenvalue weighted by Gasteiger charge is 2.30. The van der Waals surface area contributed by atoms with E-state index in [9.17, 15) is 4.79 Å². The van der Waals surface area contributed by atoms with E-state index in [0.29, 0.717) is 0 Å². The van der Waals surface area contributed by atoms with Crippen LogP contribution in [0.2, 0.25) is 0 Å². The number of anilines is 1. The first-order chi connectivity index (χ1) is 10.6. The molecular weight excluding hydrogens is 340 g/mol. The average Bonchev–Trinajstić information content (AvgIpc) is 2.99. The number of amides is 2. The number of halogens is 1. The van der Waals surface area contributed by atoms with E-state index in [0.717, 1.165) is 29.5 Å². The lowest BCUT2D eigenvalue weighted by atomic mass is 10.0. The number of aryl methyl sites for hydroxylation is 1. The molecule has 1 N–H and O–H groups in total. The first-order valence-electron chi connectivity index (χ1n) is 7.54. The number of carbonyl (C=O) groups is 1. The van der Waals surface area contributed by atoms with Crippen LogP contribution in [0.15, 0.2) is 53.0 Å². The van der Waals surface area contributed by atoms with Gasteiger partial charge < -0.3 is 10.2 Å². The monoisotopic (exact) mass is 358 g/mol. The van der Waals surface area contributed by atoms with Crippen molar-refractivity contribution in [2.75, 3.05) is 11.9 Å². The Bertz CT molecular complexity index is 686. The number of benzene rings is 2. The summed E-state index contributed by atoms with van der Waals surface area (Å²) < 4.78 is 0.898. The van der Waals surface area contributed by atoms with Crippen molar-refractivity contribution < 1.29 is 4.79 Å². The number of hydrogen-bond acceptors (Lipinski definition) is 1. The maximum absolute atomic E-state index is 12.6. The van der Waals surface area contributed by atoms with Crippen molar-refractivity contribution in [2.24, 2.45) is 0 Å². The quantitative estimate of drug-likeness (QED) is 0.792. The number of para-hydroxylation sites is 1. The van der Waals surface area contributed by atoms with Crippen LogP contribution in [0.1, 0.15) is 30.0 Å². The van der Waals surface area contributed by atoms with Gasteiger partial charge in [-0.2, -0.15) is 0 Å². The van der Waals surface area contributed by atoms with E-state index < -0.39 is 0 Å². The second kappa shape index (κ2) is 6.53. The molecule has 3 nitrogen and oxygen atoms in total.